The molecule has 0 radical (unpaired) electrons. The van der Waals surface area contributed by atoms with Crippen LogP contribution in [0.2, 0.25) is 0 Å². The Balaban J connectivity index is 2.44. The Hall–Kier alpha value is -1.91. The van der Waals surface area contributed by atoms with E-state index in [4.69, 9.17) is 0 Å². The first-order valence-electron chi connectivity index (χ1n) is 6.76. The molecule has 1 aromatic rings. The van der Waals surface area contributed by atoms with E-state index in [1.54, 1.807) is 24.8 Å². The highest BCUT2D eigenvalue weighted by atomic mass is 19.1. The van der Waals surface area contributed by atoms with Crippen LogP contribution in [-0.2, 0) is 9.59 Å². The van der Waals surface area contributed by atoms with E-state index in [9.17, 15) is 14.0 Å². The number of halogens is 1. The number of carbonyl (C=O) groups excluding carboxylic acids is 2. The van der Waals surface area contributed by atoms with E-state index in [-0.39, 0.29) is 24.1 Å². The van der Waals surface area contributed by atoms with Crippen molar-refractivity contribution in [1.82, 2.24) is 5.32 Å². The van der Waals surface area contributed by atoms with E-state index < -0.39 is 5.54 Å². The van der Waals surface area contributed by atoms with Crippen molar-refractivity contribution >= 4 is 17.5 Å². The average molecular weight is 278 g/mol. The largest absolute Gasteiger partial charge is 0.342 e. The second-order valence-electron chi connectivity index (χ2n) is 5.37. The highest BCUT2D eigenvalue weighted by molar-refractivity contribution is 6.04. The van der Waals surface area contributed by atoms with Gasteiger partial charge in [-0.3, -0.25) is 9.59 Å². The Morgan fingerprint density at radius 3 is 2.70 bits per heavy atom. The van der Waals surface area contributed by atoms with Gasteiger partial charge in [0.05, 0.1) is 0 Å². The number of nitrogens with zero attached hydrogens (tertiary/aromatic N) is 1. The van der Waals surface area contributed by atoms with Crippen LogP contribution >= 0.6 is 0 Å². The minimum absolute atomic E-state index is 0.134. The lowest BCUT2D eigenvalue weighted by Gasteiger charge is -2.32. The molecule has 1 saturated heterocycles. The van der Waals surface area contributed by atoms with Gasteiger partial charge in [0.25, 0.3) is 5.91 Å². The fourth-order valence-corrected chi connectivity index (χ4v) is 2.43. The molecule has 2 rings (SSSR count). The SMILES string of the molecule is CCC1(C)NC(=O)CCN(c2ccc(F)cc2C)C1=O. The number of amides is 2. The predicted octanol–water partition coefficient (Wildman–Crippen LogP) is 2.16. The Bertz CT molecular complexity index is 559. The van der Waals surface area contributed by atoms with Crippen molar-refractivity contribution < 1.29 is 14.0 Å². The molecule has 0 spiro atoms. The first-order chi connectivity index (χ1) is 9.37. The number of rotatable bonds is 2. The summed E-state index contributed by atoms with van der Waals surface area (Å²) < 4.78 is 13.2. The molecule has 1 aromatic carbocycles. The monoisotopic (exact) mass is 278 g/mol. The van der Waals surface area contributed by atoms with Crippen LogP contribution < -0.4 is 10.2 Å². The van der Waals surface area contributed by atoms with Crippen LogP contribution in [0.15, 0.2) is 18.2 Å². The molecule has 1 aliphatic heterocycles. The minimum Gasteiger partial charge on any atom is -0.342 e. The van der Waals surface area contributed by atoms with Gasteiger partial charge in [0.15, 0.2) is 0 Å². The van der Waals surface area contributed by atoms with E-state index in [1.165, 1.54) is 12.1 Å². The Morgan fingerprint density at radius 1 is 1.40 bits per heavy atom. The lowest BCUT2D eigenvalue weighted by molar-refractivity contribution is -0.129. The van der Waals surface area contributed by atoms with Crippen LogP contribution in [0.3, 0.4) is 0 Å². The van der Waals surface area contributed by atoms with Gasteiger partial charge in [-0.2, -0.15) is 0 Å². The predicted molar refractivity (Wildman–Crippen MR) is 74.9 cm³/mol. The van der Waals surface area contributed by atoms with Crippen molar-refractivity contribution in [2.75, 3.05) is 11.4 Å². The van der Waals surface area contributed by atoms with Gasteiger partial charge in [0.2, 0.25) is 5.91 Å². The molecule has 0 aliphatic carbocycles. The summed E-state index contributed by atoms with van der Waals surface area (Å²) in [5.41, 5.74) is 0.438. The molecule has 1 N–H and O–H groups in total. The number of benzene rings is 1. The summed E-state index contributed by atoms with van der Waals surface area (Å²) in [5, 5.41) is 2.78. The van der Waals surface area contributed by atoms with E-state index in [1.807, 2.05) is 6.92 Å². The molecular weight excluding hydrogens is 259 g/mol. The molecule has 1 atom stereocenters. The second kappa shape index (κ2) is 5.23. The quantitative estimate of drug-likeness (QED) is 0.901. The number of hydrogen-bond donors (Lipinski definition) is 1. The van der Waals surface area contributed by atoms with Crippen molar-refractivity contribution in [3.8, 4) is 0 Å². The lowest BCUT2D eigenvalue weighted by Crippen LogP contribution is -2.54. The Morgan fingerprint density at radius 2 is 2.10 bits per heavy atom. The van der Waals surface area contributed by atoms with Crippen molar-refractivity contribution in [1.29, 1.82) is 0 Å². The number of nitrogens with one attached hydrogen (secondary N) is 1. The van der Waals surface area contributed by atoms with Crippen LogP contribution in [0.25, 0.3) is 0 Å². The third-order valence-corrected chi connectivity index (χ3v) is 3.85. The molecule has 1 aliphatic rings. The van der Waals surface area contributed by atoms with Gasteiger partial charge in [-0.05, 0) is 44.0 Å². The normalized spacial score (nSPS) is 23.5. The summed E-state index contributed by atoms with van der Waals surface area (Å²) in [5.74, 6) is -0.619. The topological polar surface area (TPSA) is 49.4 Å². The zero-order chi connectivity index (χ0) is 14.9. The standard InChI is InChI=1S/C15H19FN2O2/c1-4-15(3)14(20)18(8-7-13(19)17-15)12-6-5-11(16)9-10(12)2/h5-6,9H,4,7-8H2,1-3H3,(H,17,19). The van der Waals surface area contributed by atoms with E-state index in [2.05, 4.69) is 5.32 Å². The fraction of sp³-hybridized carbons (Fsp3) is 0.467. The third-order valence-electron chi connectivity index (χ3n) is 3.85. The van der Waals surface area contributed by atoms with Crippen molar-refractivity contribution in [3.63, 3.8) is 0 Å². The molecule has 0 aromatic heterocycles. The first kappa shape index (κ1) is 14.5. The molecule has 0 saturated carbocycles. The number of hydrogen-bond acceptors (Lipinski definition) is 2. The summed E-state index contributed by atoms with van der Waals surface area (Å²) in [6.45, 7) is 5.66. The van der Waals surface area contributed by atoms with Gasteiger partial charge in [0, 0.05) is 18.7 Å². The summed E-state index contributed by atoms with van der Waals surface area (Å²) >= 11 is 0. The Kier molecular flexibility index (Phi) is 3.79. The smallest absolute Gasteiger partial charge is 0.252 e. The molecule has 1 unspecified atom stereocenters. The van der Waals surface area contributed by atoms with Gasteiger partial charge in [-0.1, -0.05) is 6.92 Å². The van der Waals surface area contributed by atoms with Gasteiger partial charge >= 0.3 is 0 Å². The minimum atomic E-state index is -0.908. The molecule has 4 nitrogen and oxygen atoms in total. The van der Waals surface area contributed by atoms with Crippen LogP contribution in [-0.4, -0.2) is 23.9 Å². The van der Waals surface area contributed by atoms with E-state index in [0.717, 1.165) is 0 Å². The average Bonchev–Trinajstić information content (AvgIpc) is 2.50. The summed E-state index contributed by atoms with van der Waals surface area (Å²) in [6.07, 6.45) is 0.756. The van der Waals surface area contributed by atoms with Crippen molar-refractivity contribution in [3.05, 3.63) is 29.6 Å². The number of anilines is 1. The van der Waals surface area contributed by atoms with Crippen LogP contribution in [0.4, 0.5) is 10.1 Å². The van der Waals surface area contributed by atoms with Gasteiger partial charge in [0.1, 0.15) is 11.4 Å². The maximum Gasteiger partial charge on any atom is 0.252 e. The van der Waals surface area contributed by atoms with Crippen LogP contribution in [0, 0.1) is 12.7 Å². The third kappa shape index (κ3) is 2.53. The molecule has 2 amide bonds. The van der Waals surface area contributed by atoms with Gasteiger partial charge < -0.3 is 10.2 Å². The fourth-order valence-electron chi connectivity index (χ4n) is 2.43. The molecule has 20 heavy (non-hydrogen) atoms. The maximum absolute atomic E-state index is 13.2. The highest BCUT2D eigenvalue weighted by Crippen LogP contribution is 2.26. The first-order valence-corrected chi connectivity index (χ1v) is 6.76. The molecular formula is C15H19FN2O2. The number of aryl methyl sites for hydroxylation is 1. The van der Waals surface area contributed by atoms with Gasteiger partial charge in [-0.15, -0.1) is 0 Å². The van der Waals surface area contributed by atoms with Crippen molar-refractivity contribution in [2.45, 2.75) is 39.2 Å². The summed E-state index contributed by atoms with van der Waals surface area (Å²) in [7, 11) is 0. The molecule has 108 valence electrons. The Labute approximate surface area is 118 Å². The highest BCUT2D eigenvalue weighted by Gasteiger charge is 2.39. The van der Waals surface area contributed by atoms with Crippen molar-refractivity contribution in [2.24, 2.45) is 0 Å². The number of carbonyl (C=O) groups is 2. The zero-order valence-corrected chi connectivity index (χ0v) is 12.0. The second-order valence-corrected chi connectivity index (χ2v) is 5.37. The molecule has 1 fully saturated rings. The maximum atomic E-state index is 13.2. The van der Waals surface area contributed by atoms with E-state index in [0.29, 0.717) is 24.2 Å². The van der Waals surface area contributed by atoms with Gasteiger partial charge in [-0.25, -0.2) is 4.39 Å². The summed E-state index contributed by atoms with van der Waals surface area (Å²) in [6, 6.07) is 4.32. The summed E-state index contributed by atoms with van der Waals surface area (Å²) in [4.78, 5) is 26.0. The molecule has 1 heterocycles. The van der Waals surface area contributed by atoms with E-state index >= 15 is 0 Å². The van der Waals surface area contributed by atoms with Crippen LogP contribution in [0.5, 0.6) is 0 Å². The van der Waals surface area contributed by atoms with Crippen LogP contribution in [0.1, 0.15) is 32.3 Å². The zero-order valence-electron chi connectivity index (χ0n) is 12.0. The molecule has 0 bridgehead atoms. The molecule has 5 heteroatoms. The lowest BCUT2D eigenvalue weighted by atomic mass is 9.96.